The van der Waals surface area contributed by atoms with Gasteiger partial charge in [0.15, 0.2) is 0 Å². The number of aromatic nitrogens is 2. The number of H-pyrrole nitrogens is 1. The van der Waals surface area contributed by atoms with E-state index in [1.807, 2.05) is 0 Å². The van der Waals surface area contributed by atoms with Gasteiger partial charge in [0.05, 0.1) is 16.0 Å². The number of carbonyl (C=O) groups excluding carboxylic acids is 1. The van der Waals surface area contributed by atoms with E-state index in [4.69, 9.17) is 11.6 Å². The molecule has 0 aromatic carbocycles. The van der Waals surface area contributed by atoms with E-state index in [0.29, 0.717) is 28.3 Å². The summed E-state index contributed by atoms with van der Waals surface area (Å²) in [5.41, 5.74) is 1.33. The van der Waals surface area contributed by atoms with Crippen molar-refractivity contribution in [2.24, 2.45) is 0 Å². The van der Waals surface area contributed by atoms with Crippen molar-refractivity contribution in [2.45, 2.75) is 38.3 Å². The first-order valence-electron chi connectivity index (χ1n) is 8.35. The van der Waals surface area contributed by atoms with Crippen molar-refractivity contribution in [3.8, 4) is 0 Å². The highest BCUT2D eigenvalue weighted by Crippen LogP contribution is 2.34. The highest BCUT2D eigenvalue weighted by molar-refractivity contribution is 6.36. The van der Waals surface area contributed by atoms with Crippen LogP contribution >= 0.6 is 11.6 Å². The molecule has 122 valence electrons. The number of nitrogens with one attached hydrogen (secondary N) is 1. The van der Waals surface area contributed by atoms with Crippen LogP contribution < -0.4 is 0 Å². The zero-order valence-electron chi connectivity index (χ0n) is 13.3. The molecule has 0 radical (unpaired) electrons. The summed E-state index contributed by atoms with van der Waals surface area (Å²) in [5, 5.41) is 1.33. The summed E-state index contributed by atoms with van der Waals surface area (Å²) in [6.45, 7) is 5.30. The van der Waals surface area contributed by atoms with Gasteiger partial charge in [-0.2, -0.15) is 0 Å². The lowest BCUT2D eigenvalue weighted by Gasteiger charge is -2.28. The van der Waals surface area contributed by atoms with Crippen LogP contribution in [0.3, 0.4) is 0 Å². The van der Waals surface area contributed by atoms with Crippen LogP contribution in [0.4, 0.5) is 0 Å². The standard InChI is InChI=1S/C17H21ClN4O/c1-2-21-8-6-11-3-4-12(10-21)22(11)17(23)13-9-20-16-15(13)14(18)5-7-19-16/h5,7,9,11-12H,2-4,6,8,10H2,1H3,(H,19,20). The van der Waals surface area contributed by atoms with Gasteiger partial charge in [0.25, 0.3) is 5.91 Å². The van der Waals surface area contributed by atoms with Crippen LogP contribution in [0.25, 0.3) is 11.0 Å². The molecule has 5 nitrogen and oxygen atoms in total. The Kier molecular flexibility index (Phi) is 3.77. The number of carbonyl (C=O) groups is 1. The van der Waals surface area contributed by atoms with Crippen LogP contribution in [-0.4, -0.2) is 57.4 Å². The van der Waals surface area contributed by atoms with E-state index in [1.165, 1.54) is 0 Å². The molecule has 2 unspecified atom stereocenters. The number of likely N-dealkylation sites (tertiary alicyclic amines) is 1. The maximum atomic E-state index is 13.2. The lowest BCUT2D eigenvalue weighted by molar-refractivity contribution is 0.0673. The number of nitrogens with zero attached hydrogens (tertiary/aromatic N) is 3. The molecule has 23 heavy (non-hydrogen) atoms. The van der Waals surface area contributed by atoms with Gasteiger partial charge >= 0.3 is 0 Å². The molecule has 2 fully saturated rings. The van der Waals surface area contributed by atoms with E-state index in [-0.39, 0.29) is 5.91 Å². The van der Waals surface area contributed by atoms with Crippen molar-refractivity contribution in [1.82, 2.24) is 19.8 Å². The van der Waals surface area contributed by atoms with E-state index in [2.05, 4.69) is 26.7 Å². The first-order chi connectivity index (χ1) is 11.2. The minimum absolute atomic E-state index is 0.0941. The predicted molar refractivity (Wildman–Crippen MR) is 90.8 cm³/mol. The molecule has 2 aliphatic heterocycles. The van der Waals surface area contributed by atoms with Crippen molar-refractivity contribution < 1.29 is 4.79 Å². The molecule has 4 rings (SSSR count). The van der Waals surface area contributed by atoms with Crippen LogP contribution in [0.1, 0.15) is 36.5 Å². The maximum Gasteiger partial charge on any atom is 0.256 e. The number of pyridine rings is 1. The molecular weight excluding hydrogens is 312 g/mol. The van der Waals surface area contributed by atoms with Crippen molar-refractivity contribution in [2.75, 3.05) is 19.6 Å². The quantitative estimate of drug-likeness (QED) is 0.920. The largest absolute Gasteiger partial charge is 0.345 e. The highest BCUT2D eigenvalue weighted by Gasteiger charge is 2.40. The minimum atomic E-state index is 0.0941. The summed E-state index contributed by atoms with van der Waals surface area (Å²) < 4.78 is 0. The van der Waals surface area contributed by atoms with Gasteiger partial charge in [-0.15, -0.1) is 0 Å². The van der Waals surface area contributed by atoms with Crippen molar-refractivity contribution in [3.05, 3.63) is 29.0 Å². The molecule has 0 saturated carbocycles. The fraction of sp³-hybridized carbons (Fsp3) is 0.529. The Morgan fingerprint density at radius 3 is 3.04 bits per heavy atom. The van der Waals surface area contributed by atoms with Crippen molar-refractivity contribution in [3.63, 3.8) is 0 Å². The SMILES string of the molecule is CCN1CCC2CCC(C1)N2C(=O)c1c[nH]c2nccc(Cl)c12. The Labute approximate surface area is 140 Å². The van der Waals surface area contributed by atoms with E-state index >= 15 is 0 Å². The summed E-state index contributed by atoms with van der Waals surface area (Å²) in [5.74, 6) is 0.0941. The molecule has 0 aliphatic carbocycles. The second kappa shape index (κ2) is 5.80. The van der Waals surface area contributed by atoms with Crippen LogP contribution in [0.15, 0.2) is 18.5 Å². The molecule has 1 N–H and O–H groups in total. The molecule has 2 atom stereocenters. The number of amides is 1. The molecule has 2 aromatic rings. The molecule has 2 bridgehead atoms. The Morgan fingerprint density at radius 1 is 1.39 bits per heavy atom. The monoisotopic (exact) mass is 332 g/mol. The Bertz CT molecular complexity index is 743. The van der Waals surface area contributed by atoms with Crippen molar-refractivity contribution in [1.29, 1.82) is 0 Å². The summed E-state index contributed by atoms with van der Waals surface area (Å²) >= 11 is 6.31. The summed E-state index contributed by atoms with van der Waals surface area (Å²) in [6.07, 6.45) is 6.69. The molecule has 2 aromatic heterocycles. The number of hydrogen-bond donors (Lipinski definition) is 1. The predicted octanol–water partition coefficient (Wildman–Crippen LogP) is 2.92. The Morgan fingerprint density at radius 2 is 2.22 bits per heavy atom. The molecule has 4 heterocycles. The van der Waals surface area contributed by atoms with Gasteiger partial charge in [0.2, 0.25) is 0 Å². The Hall–Kier alpha value is -1.59. The van der Waals surface area contributed by atoms with Gasteiger partial charge in [-0.25, -0.2) is 4.98 Å². The number of halogens is 1. The number of aromatic amines is 1. The normalized spacial score (nSPS) is 25.0. The number of fused-ring (bicyclic) bond motifs is 3. The number of rotatable bonds is 2. The van der Waals surface area contributed by atoms with Gasteiger partial charge in [-0.05, 0) is 31.9 Å². The number of hydrogen-bond acceptors (Lipinski definition) is 3. The molecule has 2 saturated heterocycles. The van der Waals surface area contributed by atoms with Crippen LogP contribution in [0.2, 0.25) is 5.02 Å². The van der Waals surface area contributed by atoms with Crippen LogP contribution in [0, 0.1) is 0 Å². The second-order valence-electron chi connectivity index (χ2n) is 6.50. The molecule has 1 amide bonds. The van der Waals surface area contributed by atoms with Crippen molar-refractivity contribution >= 4 is 28.5 Å². The highest BCUT2D eigenvalue weighted by atomic mass is 35.5. The minimum Gasteiger partial charge on any atom is -0.345 e. The molecular formula is C17H21ClN4O. The first-order valence-corrected chi connectivity index (χ1v) is 8.73. The fourth-order valence-corrected chi connectivity index (χ4v) is 4.34. The fourth-order valence-electron chi connectivity index (χ4n) is 4.09. The first kappa shape index (κ1) is 15.0. The third-order valence-corrected chi connectivity index (χ3v) is 5.62. The van der Waals surface area contributed by atoms with E-state index in [9.17, 15) is 4.79 Å². The molecule has 2 aliphatic rings. The summed E-state index contributed by atoms with van der Waals surface area (Å²) in [7, 11) is 0. The average molecular weight is 333 g/mol. The number of likely N-dealkylation sites (N-methyl/N-ethyl adjacent to an activating group) is 1. The average Bonchev–Trinajstić information content (AvgIpc) is 3.09. The molecule has 6 heteroatoms. The Balaban J connectivity index is 1.71. The van der Waals surface area contributed by atoms with Crippen LogP contribution in [0.5, 0.6) is 0 Å². The van der Waals surface area contributed by atoms with Gasteiger partial charge in [0, 0.05) is 37.6 Å². The van der Waals surface area contributed by atoms with Gasteiger partial charge in [-0.1, -0.05) is 18.5 Å². The zero-order chi connectivity index (χ0) is 16.0. The third-order valence-electron chi connectivity index (χ3n) is 5.30. The molecule has 0 spiro atoms. The van der Waals surface area contributed by atoms with Crippen LogP contribution in [-0.2, 0) is 0 Å². The van der Waals surface area contributed by atoms with Gasteiger partial charge in [-0.3, -0.25) is 4.79 Å². The lowest BCUT2D eigenvalue weighted by Crippen LogP contribution is -2.43. The zero-order valence-corrected chi connectivity index (χ0v) is 14.0. The topological polar surface area (TPSA) is 52.2 Å². The lowest BCUT2D eigenvalue weighted by atomic mass is 10.1. The van der Waals surface area contributed by atoms with E-state index < -0.39 is 0 Å². The third kappa shape index (κ3) is 2.42. The van der Waals surface area contributed by atoms with E-state index in [1.54, 1.807) is 18.5 Å². The van der Waals surface area contributed by atoms with E-state index in [0.717, 1.165) is 44.3 Å². The summed E-state index contributed by atoms with van der Waals surface area (Å²) in [6, 6.07) is 2.41. The smallest absolute Gasteiger partial charge is 0.256 e. The maximum absolute atomic E-state index is 13.2. The second-order valence-corrected chi connectivity index (χ2v) is 6.91. The summed E-state index contributed by atoms with van der Waals surface area (Å²) in [4.78, 5) is 25.2. The van der Waals surface area contributed by atoms with Gasteiger partial charge in [0.1, 0.15) is 5.65 Å². The van der Waals surface area contributed by atoms with Gasteiger partial charge < -0.3 is 14.8 Å².